The van der Waals surface area contributed by atoms with Crippen molar-refractivity contribution in [2.24, 2.45) is 0 Å². The first-order chi connectivity index (χ1) is 14.5. The zero-order chi connectivity index (χ0) is 21.1. The van der Waals surface area contributed by atoms with Crippen LogP contribution in [0.2, 0.25) is 0 Å². The molecule has 1 aliphatic heterocycles. The molecule has 2 aromatic heterocycles. The van der Waals surface area contributed by atoms with Crippen molar-refractivity contribution >= 4 is 33.3 Å². The molecule has 4 rings (SSSR count). The van der Waals surface area contributed by atoms with Crippen molar-refractivity contribution in [1.29, 1.82) is 0 Å². The number of fused-ring (bicyclic) bond motifs is 1. The Balaban J connectivity index is 1.46. The molecular weight excluding hydrogens is 394 g/mol. The minimum atomic E-state index is 0.187. The number of aryl methyl sites for hydroxylation is 1. The van der Waals surface area contributed by atoms with Gasteiger partial charge in [0, 0.05) is 36.5 Å². The molecule has 0 bridgehead atoms. The number of nitrogens with zero attached hydrogens (tertiary/aromatic N) is 4. The number of likely N-dealkylation sites (tertiary alicyclic amines) is 1. The number of piperidine rings is 1. The van der Waals surface area contributed by atoms with Crippen LogP contribution in [0, 0.1) is 6.92 Å². The summed E-state index contributed by atoms with van der Waals surface area (Å²) in [5, 5.41) is 4.45. The monoisotopic (exact) mass is 423 g/mol. The minimum absolute atomic E-state index is 0.187. The number of hydrogen-bond acceptors (Lipinski definition) is 6. The lowest BCUT2D eigenvalue weighted by molar-refractivity contribution is -0.132. The lowest BCUT2D eigenvalue weighted by Crippen LogP contribution is -2.44. The molecule has 0 radical (unpaired) electrons. The van der Waals surface area contributed by atoms with Crippen molar-refractivity contribution in [1.82, 2.24) is 19.8 Å². The number of thiophene rings is 1. The number of benzene rings is 1. The van der Waals surface area contributed by atoms with Crippen LogP contribution in [0.5, 0.6) is 0 Å². The highest BCUT2D eigenvalue weighted by molar-refractivity contribution is 7.19. The summed E-state index contributed by atoms with van der Waals surface area (Å²) < 4.78 is 0. The average Bonchev–Trinajstić information content (AvgIpc) is 3.11. The normalized spacial score (nSPS) is 15.4. The Bertz CT molecular complexity index is 1010. The molecule has 3 heterocycles. The fourth-order valence-electron chi connectivity index (χ4n) is 4.18. The van der Waals surface area contributed by atoms with Gasteiger partial charge in [-0.1, -0.05) is 30.3 Å². The lowest BCUT2D eigenvalue weighted by atomic mass is 10.0. The number of rotatable bonds is 6. The van der Waals surface area contributed by atoms with Crippen LogP contribution in [-0.2, 0) is 4.79 Å². The van der Waals surface area contributed by atoms with E-state index in [0.717, 1.165) is 47.5 Å². The molecule has 1 N–H and O–H groups in total. The van der Waals surface area contributed by atoms with Gasteiger partial charge < -0.3 is 15.1 Å². The van der Waals surface area contributed by atoms with E-state index in [-0.39, 0.29) is 5.91 Å². The molecular formula is C23H29N5OS. The Kier molecular flexibility index (Phi) is 6.29. The standard InChI is InChI=1S/C23H29N5OS/c1-16-20(17-7-5-4-6-8-17)21-22(25-15-26-23(21)30-16)24-12-9-19(29)28(3)18-10-13-27(2)14-11-18/h4-8,15,18H,9-14H2,1-3H3,(H,24,25,26). The molecule has 1 aromatic carbocycles. The van der Waals surface area contributed by atoms with E-state index in [4.69, 9.17) is 0 Å². The predicted molar refractivity (Wildman–Crippen MR) is 124 cm³/mol. The van der Waals surface area contributed by atoms with Crippen molar-refractivity contribution in [2.45, 2.75) is 32.2 Å². The van der Waals surface area contributed by atoms with Gasteiger partial charge in [-0.25, -0.2) is 9.97 Å². The summed E-state index contributed by atoms with van der Waals surface area (Å²) in [6, 6.07) is 10.7. The van der Waals surface area contributed by atoms with Crippen LogP contribution in [-0.4, -0.2) is 65.4 Å². The molecule has 0 atom stereocenters. The quantitative estimate of drug-likeness (QED) is 0.649. The van der Waals surface area contributed by atoms with Crippen LogP contribution in [0.25, 0.3) is 21.3 Å². The number of nitrogens with one attached hydrogen (secondary N) is 1. The highest BCUT2D eigenvalue weighted by Crippen LogP contribution is 2.40. The summed E-state index contributed by atoms with van der Waals surface area (Å²) in [6.45, 7) is 4.79. The molecule has 7 heteroatoms. The molecule has 1 fully saturated rings. The molecule has 1 saturated heterocycles. The third-order valence-electron chi connectivity index (χ3n) is 5.99. The molecule has 3 aromatic rings. The molecule has 0 spiro atoms. The number of carbonyl (C=O) groups is 1. The molecule has 1 aliphatic rings. The van der Waals surface area contributed by atoms with Crippen molar-refractivity contribution in [3.63, 3.8) is 0 Å². The first kappa shape index (κ1) is 20.8. The Labute approximate surface area is 181 Å². The van der Waals surface area contributed by atoms with Gasteiger partial charge in [-0.3, -0.25) is 4.79 Å². The first-order valence-electron chi connectivity index (χ1n) is 10.5. The molecule has 30 heavy (non-hydrogen) atoms. The van der Waals surface area contributed by atoms with Crippen LogP contribution >= 0.6 is 11.3 Å². The molecule has 0 aliphatic carbocycles. The van der Waals surface area contributed by atoms with Crippen molar-refractivity contribution in [2.75, 3.05) is 39.0 Å². The van der Waals surface area contributed by atoms with Crippen molar-refractivity contribution in [3.8, 4) is 11.1 Å². The van der Waals surface area contributed by atoms with Crippen LogP contribution in [0.15, 0.2) is 36.7 Å². The predicted octanol–water partition coefficient (Wildman–Crippen LogP) is 4.02. The van der Waals surface area contributed by atoms with Gasteiger partial charge in [0.25, 0.3) is 0 Å². The Hall–Kier alpha value is -2.51. The molecule has 0 saturated carbocycles. The van der Waals surface area contributed by atoms with E-state index in [1.54, 1.807) is 17.7 Å². The van der Waals surface area contributed by atoms with Crippen LogP contribution in [0.1, 0.15) is 24.1 Å². The van der Waals surface area contributed by atoms with E-state index in [0.29, 0.717) is 19.0 Å². The summed E-state index contributed by atoms with van der Waals surface area (Å²) in [5.74, 6) is 0.991. The zero-order valence-corrected chi connectivity index (χ0v) is 18.7. The molecule has 1 amide bonds. The lowest BCUT2D eigenvalue weighted by Gasteiger charge is -2.35. The van der Waals surface area contributed by atoms with Crippen LogP contribution in [0.4, 0.5) is 5.82 Å². The number of amides is 1. The van der Waals surface area contributed by atoms with Gasteiger partial charge >= 0.3 is 0 Å². The van der Waals surface area contributed by atoms with E-state index in [9.17, 15) is 4.79 Å². The second kappa shape index (κ2) is 9.10. The zero-order valence-electron chi connectivity index (χ0n) is 17.9. The summed E-state index contributed by atoms with van der Waals surface area (Å²) in [6.07, 6.45) is 4.15. The first-order valence-corrected chi connectivity index (χ1v) is 11.3. The highest BCUT2D eigenvalue weighted by Gasteiger charge is 2.24. The number of anilines is 1. The topological polar surface area (TPSA) is 61.4 Å². The van der Waals surface area contributed by atoms with Gasteiger partial charge in [-0.05, 0) is 45.5 Å². The van der Waals surface area contributed by atoms with Crippen molar-refractivity contribution in [3.05, 3.63) is 41.5 Å². The Morgan fingerprint density at radius 1 is 1.23 bits per heavy atom. The summed E-state index contributed by atoms with van der Waals surface area (Å²) in [5.41, 5.74) is 2.34. The third kappa shape index (κ3) is 4.32. The van der Waals surface area contributed by atoms with Gasteiger partial charge in [0.1, 0.15) is 17.0 Å². The second-order valence-electron chi connectivity index (χ2n) is 8.02. The Morgan fingerprint density at radius 3 is 2.70 bits per heavy atom. The minimum Gasteiger partial charge on any atom is -0.369 e. The van der Waals surface area contributed by atoms with Gasteiger partial charge in [-0.2, -0.15) is 0 Å². The van der Waals surface area contributed by atoms with E-state index in [2.05, 4.69) is 46.3 Å². The maximum absolute atomic E-state index is 12.7. The SMILES string of the molecule is Cc1sc2ncnc(NCCC(=O)N(C)C3CCN(C)CC3)c2c1-c1ccccc1. The number of carbonyl (C=O) groups excluding carboxylic acids is 1. The Morgan fingerprint density at radius 2 is 1.97 bits per heavy atom. The fraction of sp³-hybridized carbons (Fsp3) is 0.435. The van der Waals surface area contributed by atoms with Crippen LogP contribution < -0.4 is 5.32 Å². The summed E-state index contributed by atoms with van der Waals surface area (Å²) in [7, 11) is 4.08. The van der Waals surface area contributed by atoms with Crippen LogP contribution in [0.3, 0.4) is 0 Å². The fourth-order valence-corrected chi connectivity index (χ4v) is 5.19. The average molecular weight is 424 g/mol. The van der Waals surface area contributed by atoms with Gasteiger partial charge in [0.05, 0.1) is 5.39 Å². The smallest absolute Gasteiger partial charge is 0.224 e. The van der Waals surface area contributed by atoms with Crippen molar-refractivity contribution < 1.29 is 4.79 Å². The third-order valence-corrected chi connectivity index (χ3v) is 7.00. The van der Waals surface area contributed by atoms with Gasteiger partial charge in [0.15, 0.2) is 0 Å². The van der Waals surface area contributed by atoms with E-state index in [1.165, 1.54) is 10.4 Å². The highest BCUT2D eigenvalue weighted by atomic mass is 32.1. The van der Waals surface area contributed by atoms with E-state index < -0.39 is 0 Å². The molecule has 0 unspecified atom stereocenters. The summed E-state index contributed by atoms with van der Waals surface area (Å²) >= 11 is 1.68. The number of hydrogen-bond donors (Lipinski definition) is 1. The van der Waals surface area contributed by atoms with Gasteiger partial charge in [0.2, 0.25) is 5.91 Å². The summed E-state index contributed by atoms with van der Waals surface area (Å²) in [4.78, 5) is 28.1. The molecule has 158 valence electrons. The number of aromatic nitrogens is 2. The van der Waals surface area contributed by atoms with E-state index in [1.807, 2.05) is 30.1 Å². The molecule has 6 nitrogen and oxygen atoms in total. The largest absolute Gasteiger partial charge is 0.369 e. The van der Waals surface area contributed by atoms with E-state index >= 15 is 0 Å². The van der Waals surface area contributed by atoms with Gasteiger partial charge in [-0.15, -0.1) is 11.3 Å². The maximum Gasteiger partial charge on any atom is 0.224 e. The maximum atomic E-state index is 12.7. The second-order valence-corrected chi connectivity index (χ2v) is 9.22.